The van der Waals surface area contributed by atoms with Crippen molar-refractivity contribution in [2.75, 3.05) is 16.2 Å². The van der Waals surface area contributed by atoms with Crippen LogP contribution in [-0.2, 0) is 20.0 Å². The summed E-state index contributed by atoms with van der Waals surface area (Å²) in [5.74, 6) is -0.133. The Labute approximate surface area is 172 Å². The third kappa shape index (κ3) is 4.62. The lowest BCUT2D eigenvalue weighted by molar-refractivity contribution is 0.372. The Morgan fingerprint density at radius 1 is 1.00 bits per heavy atom. The van der Waals surface area contributed by atoms with E-state index in [1.807, 2.05) is 31.2 Å². The molecule has 0 spiro atoms. The number of hydrazone groups is 1. The Morgan fingerprint density at radius 2 is 1.66 bits per heavy atom. The van der Waals surface area contributed by atoms with Crippen LogP contribution in [0.3, 0.4) is 0 Å². The molecule has 0 radical (unpaired) electrons. The van der Waals surface area contributed by atoms with E-state index < -0.39 is 26.1 Å². The predicted octanol–water partition coefficient (Wildman–Crippen LogP) is 3.26. The van der Waals surface area contributed by atoms with Crippen LogP contribution >= 0.6 is 0 Å². The number of anilines is 1. The molecule has 0 aromatic heterocycles. The van der Waals surface area contributed by atoms with Crippen LogP contribution in [0.15, 0.2) is 53.6 Å². The average Bonchev–Trinajstić information content (AvgIpc) is 3.15. The van der Waals surface area contributed by atoms with E-state index >= 15 is 0 Å². The Morgan fingerprint density at radius 3 is 2.28 bits per heavy atom. The van der Waals surface area contributed by atoms with Crippen molar-refractivity contribution in [1.82, 2.24) is 4.41 Å². The van der Waals surface area contributed by atoms with E-state index in [0.29, 0.717) is 23.4 Å². The number of para-hydroxylation sites is 1. The van der Waals surface area contributed by atoms with Crippen LogP contribution in [0.2, 0.25) is 0 Å². The molecule has 3 rings (SSSR count). The van der Waals surface area contributed by atoms with Gasteiger partial charge in [-0.2, -0.15) is 9.52 Å². The summed E-state index contributed by atoms with van der Waals surface area (Å²) < 4.78 is 53.3. The Balaban J connectivity index is 2.05. The van der Waals surface area contributed by atoms with Gasteiger partial charge in [0.2, 0.25) is 20.0 Å². The summed E-state index contributed by atoms with van der Waals surface area (Å²) in [6.45, 7) is 5.11. The molecule has 156 valence electrons. The SMILES string of the molecule is CCS(=O)(=O)Nc1ccccc1C1=NN(S(=O)(=O)CC)C(c2ccc(C)cc2)C1. The fourth-order valence-corrected chi connectivity index (χ4v) is 4.87. The van der Waals surface area contributed by atoms with E-state index in [9.17, 15) is 16.8 Å². The maximum absolute atomic E-state index is 12.7. The van der Waals surface area contributed by atoms with Gasteiger partial charge >= 0.3 is 0 Å². The monoisotopic (exact) mass is 435 g/mol. The summed E-state index contributed by atoms with van der Waals surface area (Å²) >= 11 is 0. The largest absolute Gasteiger partial charge is 0.283 e. The highest BCUT2D eigenvalue weighted by Gasteiger charge is 2.36. The number of aryl methyl sites for hydroxylation is 1. The third-order valence-electron chi connectivity index (χ3n) is 4.87. The standard InChI is InChI=1S/C20H25N3O4S2/c1-4-28(24,25)22-18-9-7-6-8-17(18)19-14-20(16-12-10-15(3)11-13-16)23(21-19)29(26,27)5-2/h6-13,20,22H,4-5,14H2,1-3H3. The van der Waals surface area contributed by atoms with Gasteiger partial charge in [0, 0.05) is 12.0 Å². The third-order valence-corrected chi connectivity index (χ3v) is 7.79. The molecule has 2 aromatic carbocycles. The van der Waals surface area contributed by atoms with Crippen molar-refractivity contribution in [2.45, 2.75) is 33.2 Å². The second kappa shape index (κ2) is 8.16. The van der Waals surface area contributed by atoms with Crippen molar-refractivity contribution >= 4 is 31.4 Å². The number of nitrogens with zero attached hydrogens (tertiary/aromatic N) is 2. The zero-order chi connectivity index (χ0) is 21.2. The zero-order valence-corrected chi connectivity index (χ0v) is 18.3. The minimum absolute atomic E-state index is 0.0594. The van der Waals surface area contributed by atoms with Gasteiger partial charge < -0.3 is 0 Å². The summed E-state index contributed by atoms with van der Waals surface area (Å²) in [6.07, 6.45) is 0.354. The first-order chi connectivity index (χ1) is 13.7. The van der Waals surface area contributed by atoms with Crippen LogP contribution in [0.5, 0.6) is 0 Å². The summed E-state index contributed by atoms with van der Waals surface area (Å²) in [6, 6.07) is 14.1. The summed E-state index contributed by atoms with van der Waals surface area (Å²) in [4.78, 5) is 0. The molecule has 0 aliphatic carbocycles. The van der Waals surface area contributed by atoms with Crippen molar-refractivity contribution in [3.05, 3.63) is 65.2 Å². The van der Waals surface area contributed by atoms with Crippen LogP contribution in [-0.4, -0.2) is 38.5 Å². The molecule has 0 amide bonds. The minimum Gasteiger partial charge on any atom is -0.283 e. The first-order valence-electron chi connectivity index (χ1n) is 9.43. The van der Waals surface area contributed by atoms with Crippen molar-refractivity contribution in [3.63, 3.8) is 0 Å². The van der Waals surface area contributed by atoms with Crippen LogP contribution in [0, 0.1) is 6.92 Å². The average molecular weight is 436 g/mol. The smallest absolute Gasteiger partial charge is 0.250 e. The molecule has 1 atom stereocenters. The van der Waals surface area contributed by atoms with Gasteiger partial charge in [0.25, 0.3) is 0 Å². The highest BCUT2D eigenvalue weighted by molar-refractivity contribution is 7.92. The Kier molecular flexibility index (Phi) is 6.00. The first-order valence-corrected chi connectivity index (χ1v) is 12.7. The van der Waals surface area contributed by atoms with Gasteiger partial charge in [-0.3, -0.25) is 4.72 Å². The second-order valence-corrected chi connectivity index (χ2v) is 11.0. The maximum Gasteiger partial charge on any atom is 0.250 e. The van der Waals surface area contributed by atoms with Gasteiger partial charge in [0.05, 0.1) is 28.9 Å². The molecule has 0 saturated carbocycles. The molecule has 1 unspecified atom stereocenters. The van der Waals surface area contributed by atoms with Crippen LogP contribution in [0.1, 0.15) is 43.0 Å². The van der Waals surface area contributed by atoms with Crippen molar-refractivity contribution in [3.8, 4) is 0 Å². The lowest BCUT2D eigenvalue weighted by atomic mass is 9.98. The molecule has 2 aromatic rings. The highest BCUT2D eigenvalue weighted by Crippen LogP contribution is 2.36. The molecule has 1 heterocycles. The fraction of sp³-hybridized carbons (Fsp3) is 0.350. The minimum atomic E-state index is -3.59. The van der Waals surface area contributed by atoms with Gasteiger partial charge in [-0.15, -0.1) is 0 Å². The number of benzene rings is 2. The topological polar surface area (TPSA) is 95.9 Å². The molecule has 29 heavy (non-hydrogen) atoms. The number of hydrogen-bond acceptors (Lipinski definition) is 5. The van der Waals surface area contributed by atoms with E-state index in [1.54, 1.807) is 38.1 Å². The van der Waals surface area contributed by atoms with E-state index in [1.165, 1.54) is 0 Å². The molecular formula is C20H25N3O4S2. The molecule has 1 N–H and O–H groups in total. The van der Waals surface area contributed by atoms with Crippen LogP contribution < -0.4 is 4.72 Å². The molecule has 7 nitrogen and oxygen atoms in total. The molecule has 1 aliphatic heterocycles. The van der Waals surface area contributed by atoms with E-state index in [2.05, 4.69) is 9.82 Å². The highest BCUT2D eigenvalue weighted by atomic mass is 32.2. The van der Waals surface area contributed by atoms with Gasteiger partial charge in [0.1, 0.15) is 0 Å². The van der Waals surface area contributed by atoms with Gasteiger partial charge in [-0.1, -0.05) is 48.0 Å². The number of rotatable bonds is 7. The number of sulfonamides is 2. The molecule has 0 fully saturated rings. The van der Waals surface area contributed by atoms with Gasteiger partial charge in [-0.05, 0) is 32.4 Å². The molecule has 9 heteroatoms. The molecular weight excluding hydrogens is 410 g/mol. The lowest BCUT2D eigenvalue weighted by Crippen LogP contribution is -2.28. The second-order valence-electron chi connectivity index (χ2n) is 6.90. The summed E-state index contributed by atoms with van der Waals surface area (Å²) in [7, 11) is -7.07. The predicted molar refractivity (Wildman–Crippen MR) is 116 cm³/mol. The molecule has 1 aliphatic rings. The van der Waals surface area contributed by atoms with E-state index in [4.69, 9.17) is 0 Å². The number of hydrogen-bond donors (Lipinski definition) is 1. The van der Waals surface area contributed by atoms with Crippen molar-refractivity contribution in [1.29, 1.82) is 0 Å². The quantitative estimate of drug-likeness (QED) is 0.722. The van der Waals surface area contributed by atoms with Crippen molar-refractivity contribution in [2.24, 2.45) is 5.10 Å². The lowest BCUT2D eigenvalue weighted by Gasteiger charge is -2.22. The maximum atomic E-state index is 12.7. The fourth-order valence-electron chi connectivity index (χ4n) is 3.14. The van der Waals surface area contributed by atoms with Gasteiger partial charge in [-0.25, -0.2) is 16.8 Å². The Hall–Kier alpha value is -2.39. The number of nitrogens with one attached hydrogen (secondary N) is 1. The van der Waals surface area contributed by atoms with Crippen molar-refractivity contribution < 1.29 is 16.8 Å². The summed E-state index contributed by atoms with van der Waals surface area (Å²) in [5.41, 5.74) is 3.43. The van der Waals surface area contributed by atoms with Crippen LogP contribution in [0.25, 0.3) is 0 Å². The molecule has 0 saturated heterocycles. The first kappa shape index (κ1) is 21.3. The van der Waals surface area contributed by atoms with E-state index in [-0.39, 0.29) is 11.5 Å². The zero-order valence-electron chi connectivity index (χ0n) is 16.7. The van der Waals surface area contributed by atoms with Crippen LogP contribution in [0.4, 0.5) is 5.69 Å². The van der Waals surface area contributed by atoms with Gasteiger partial charge in [0.15, 0.2) is 0 Å². The normalized spacial score (nSPS) is 17.3. The Bertz CT molecular complexity index is 1120. The summed E-state index contributed by atoms with van der Waals surface area (Å²) in [5, 5.41) is 4.42. The van der Waals surface area contributed by atoms with E-state index in [0.717, 1.165) is 15.5 Å². The molecule has 0 bridgehead atoms.